The van der Waals surface area contributed by atoms with Gasteiger partial charge in [0.1, 0.15) is 13.2 Å². The molecule has 0 saturated heterocycles. The fourth-order valence-corrected chi connectivity index (χ4v) is 3.02. The number of rotatable bonds is 5. The summed E-state index contributed by atoms with van der Waals surface area (Å²) in [5.41, 5.74) is 2.64. The molecule has 0 spiro atoms. The van der Waals surface area contributed by atoms with Gasteiger partial charge in [0.05, 0.1) is 0 Å². The molecule has 0 fully saturated rings. The summed E-state index contributed by atoms with van der Waals surface area (Å²) in [7, 11) is 0. The van der Waals surface area contributed by atoms with Crippen molar-refractivity contribution in [3.63, 3.8) is 0 Å². The maximum absolute atomic E-state index is 5.63. The van der Waals surface area contributed by atoms with Crippen molar-refractivity contribution in [2.24, 2.45) is 0 Å². The Labute approximate surface area is 123 Å². The van der Waals surface area contributed by atoms with E-state index in [9.17, 15) is 0 Å². The van der Waals surface area contributed by atoms with Crippen LogP contribution in [0.5, 0.6) is 11.5 Å². The van der Waals surface area contributed by atoms with Crippen LogP contribution in [0.1, 0.15) is 24.1 Å². The Morgan fingerprint density at radius 3 is 2.85 bits per heavy atom. The van der Waals surface area contributed by atoms with Crippen LogP contribution in [-0.4, -0.2) is 19.8 Å². The van der Waals surface area contributed by atoms with Crippen molar-refractivity contribution in [3.05, 3.63) is 46.2 Å². The molecule has 1 aliphatic heterocycles. The molecule has 0 aliphatic carbocycles. The van der Waals surface area contributed by atoms with Gasteiger partial charge in [-0.1, -0.05) is 6.07 Å². The van der Waals surface area contributed by atoms with Crippen LogP contribution >= 0.6 is 11.3 Å². The lowest BCUT2D eigenvalue weighted by Gasteiger charge is -2.21. The molecule has 0 bridgehead atoms. The standard InChI is InChI=1S/C16H19NO2S/c1-12(17-6-4-13-5-9-20-11-13)14-2-3-15-16(10-14)19-8-7-18-15/h2-3,5,9-12,17H,4,6-8H2,1H3. The van der Waals surface area contributed by atoms with Gasteiger partial charge in [0.25, 0.3) is 0 Å². The zero-order chi connectivity index (χ0) is 13.8. The van der Waals surface area contributed by atoms with Crippen LogP contribution in [0.25, 0.3) is 0 Å². The summed E-state index contributed by atoms with van der Waals surface area (Å²) >= 11 is 1.75. The van der Waals surface area contributed by atoms with Gasteiger partial charge in [-0.15, -0.1) is 0 Å². The first kappa shape index (κ1) is 13.5. The molecule has 4 heteroatoms. The molecule has 2 aromatic rings. The lowest BCUT2D eigenvalue weighted by atomic mass is 10.1. The summed E-state index contributed by atoms with van der Waals surface area (Å²) in [5.74, 6) is 1.71. The van der Waals surface area contributed by atoms with E-state index in [0.717, 1.165) is 24.5 Å². The summed E-state index contributed by atoms with van der Waals surface area (Å²) < 4.78 is 11.2. The molecule has 1 unspecified atom stereocenters. The quantitative estimate of drug-likeness (QED) is 0.915. The average Bonchev–Trinajstić information content (AvgIpc) is 3.00. The minimum absolute atomic E-state index is 0.310. The highest BCUT2D eigenvalue weighted by molar-refractivity contribution is 7.07. The summed E-state index contributed by atoms with van der Waals surface area (Å²) in [6.07, 6.45) is 1.07. The largest absolute Gasteiger partial charge is 0.486 e. The van der Waals surface area contributed by atoms with Crippen molar-refractivity contribution in [1.82, 2.24) is 5.32 Å². The molecule has 1 N–H and O–H groups in total. The summed E-state index contributed by atoms with van der Waals surface area (Å²) in [5, 5.41) is 7.88. The second-order valence-corrected chi connectivity index (χ2v) is 5.74. The zero-order valence-corrected chi connectivity index (χ0v) is 12.4. The van der Waals surface area contributed by atoms with Crippen LogP contribution in [0.3, 0.4) is 0 Å². The molecular weight excluding hydrogens is 270 g/mol. The summed E-state index contributed by atoms with van der Waals surface area (Å²) in [6.45, 7) is 4.43. The molecule has 1 aromatic heterocycles. The number of benzene rings is 1. The SMILES string of the molecule is CC(NCCc1ccsc1)c1ccc2c(c1)OCCO2. The summed E-state index contributed by atoms with van der Waals surface area (Å²) in [4.78, 5) is 0. The third kappa shape index (κ3) is 3.14. The van der Waals surface area contributed by atoms with Crippen LogP contribution in [0.2, 0.25) is 0 Å². The Morgan fingerprint density at radius 2 is 2.05 bits per heavy atom. The first-order valence-corrected chi connectivity index (χ1v) is 7.91. The minimum Gasteiger partial charge on any atom is -0.486 e. The monoisotopic (exact) mass is 289 g/mol. The Balaban J connectivity index is 1.57. The van der Waals surface area contributed by atoms with E-state index in [1.54, 1.807) is 11.3 Å². The molecule has 1 aliphatic rings. The van der Waals surface area contributed by atoms with Gasteiger partial charge in [-0.2, -0.15) is 11.3 Å². The highest BCUT2D eigenvalue weighted by atomic mass is 32.1. The van der Waals surface area contributed by atoms with E-state index in [1.807, 2.05) is 6.07 Å². The average molecular weight is 289 g/mol. The van der Waals surface area contributed by atoms with Gasteiger partial charge in [0.15, 0.2) is 11.5 Å². The topological polar surface area (TPSA) is 30.5 Å². The van der Waals surface area contributed by atoms with E-state index >= 15 is 0 Å². The Bertz CT molecular complexity index is 554. The van der Waals surface area contributed by atoms with Crippen molar-refractivity contribution in [2.45, 2.75) is 19.4 Å². The first-order chi connectivity index (χ1) is 9.83. The van der Waals surface area contributed by atoms with Crippen LogP contribution in [0, 0.1) is 0 Å². The van der Waals surface area contributed by atoms with Crippen molar-refractivity contribution in [3.8, 4) is 11.5 Å². The number of hydrogen-bond acceptors (Lipinski definition) is 4. The van der Waals surface area contributed by atoms with Gasteiger partial charge in [-0.25, -0.2) is 0 Å². The van der Waals surface area contributed by atoms with Gasteiger partial charge < -0.3 is 14.8 Å². The first-order valence-electron chi connectivity index (χ1n) is 6.97. The molecule has 20 heavy (non-hydrogen) atoms. The van der Waals surface area contributed by atoms with Crippen LogP contribution in [0.4, 0.5) is 0 Å². The Hall–Kier alpha value is -1.52. The van der Waals surface area contributed by atoms with Gasteiger partial charge in [0, 0.05) is 6.04 Å². The second kappa shape index (κ2) is 6.29. The normalized spacial score (nSPS) is 15.1. The van der Waals surface area contributed by atoms with Gasteiger partial charge in [0.2, 0.25) is 0 Å². The van der Waals surface area contributed by atoms with Gasteiger partial charge >= 0.3 is 0 Å². The Morgan fingerprint density at radius 1 is 1.20 bits per heavy atom. The highest BCUT2D eigenvalue weighted by Crippen LogP contribution is 2.32. The molecular formula is C16H19NO2S. The highest BCUT2D eigenvalue weighted by Gasteiger charge is 2.14. The van der Waals surface area contributed by atoms with Gasteiger partial charge in [-0.3, -0.25) is 0 Å². The van der Waals surface area contributed by atoms with Crippen molar-refractivity contribution < 1.29 is 9.47 Å². The zero-order valence-electron chi connectivity index (χ0n) is 11.6. The maximum Gasteiger partial charge on any atom is 0.161 e. The van der Waals surface area contributed by atoms with Crippen LogP contribution in [0.15, 0.2) is 35.0 Å². The molecule has 1 atom stereocenters. The number of fused-ring (bicyclic) bond motifs is 1. The fourth-order valence-electron chi connectivity index (χ4n) is 2.32. The van der Waals surface area contributed by atoms with E-state index in [1.165, 1.54) is 11.1 Å². The number of hydrogen-bond donors (Lipinski definition) is 1. The maximum atomic E-state index is 5.63. The van der Waals surface area contributed by atoms with E-state index in [-0.39, 0.29) is 0 Å². The van der Waals surface area contributed by atoms with E-state index in [0.29, 0.717) is 19.3 Å². The summed E-state index contributed by atoms with van der Waals surface area (Å²) in [6, 6.07) is 8.68. The van der Waals surface area contributed by atoms with Crippen molar-refractivity contribution >= 4 is 11.3 Å². The Kier molecular flexibility index (Phi) is 4.23. The van der Waals surface area contributed by atoms with E-state index in [4.69, 9.17) is 9.47 Å². The number of thiophene rings is 1. The minimum atomic E-state index is 0.310. The predicted octanol–water partition coefficient (Wildman–Crippen LogP) is 3.41. The lowest BCUT2D eigenvalue weighted by molar-refractivity contribution is 0.171. The van der Waals surface area contributed by atoms with E-state index in [2.05, 4.69) is 41.2 Å². The lowest BCUT2D eigenvalue weighted by Crippen LogP contribution is -2.22. The smallest absolute Gasteiger partial charge is 0.161 e. The molecule has 1 aromatic carbocycles. The van der Waals surface area contributed by atoms with E-state index < -0.39 is 0 Å². The van der Waals surface area contributed by atoms with Crippen molar-refractivity contribution in [1.29, 1.82) is 0 Å². The predicted molar refractivity (Wildman–Crippen MR) is 81.9 cm³/mol. The molecule has 0 saturated carbocycles. The third-order valence-corrected chi connectivity index (χ3v) is 4.24. The molecule has 2 heterocycles. The van der Waals surface area contributed by atoms with Crippen LogP contribution < -0.4 is 14.8 Å². The van der Waals surface area contributed by atoms with Crippen LogP contribution in [-0.2, 0) is 6.42 Å². The molecule has 106 valence electrons. The molecule has 3 rings (SSSR count). The fraction of sp³-hybridized carbons (Fsp3) is 0.375. The second-order valence-electron chi connectivity index (χ2n) is 4.96. The number of nitrogens with one attached hydrogen (secondary N) is 1. The van der Waals surface area contributed by atoms with Gasteiger partial charge in [-0.05, 0) is 60.0 Å². The third-order valence-electron chi connectivity index (χ3n) is 3.51. The molecule has 0 radical (unpaired) electrons. The van der Waals surface area contributed by atoms with Crippen molar-refractivity contribution in [2.75, 3.05) is 19.8 Å². The molecule has 3 nitrogen and oxygen atoms in total. The number of ether oxygens (including phenoxy) is 2. The molecule has 0 amide bonds.